The van der Waals surface area contributed by atoms with Crippen LogP contribution in [0.5, 0.6) is 0 Å². The molecule has 2 aliphatic carbocycles. The number of rotatable bonds is 1. The molecule has 0 saturated heterocycles. The third kappa shape index (κ3) is 2.08. The van der Waals surface area contributed by atoms with Gasteiger partial charge in [-0.1, -0.05) is 12.8 Å². The van der Waals surface area contributed by atoms with Gasteiger partial charge in [0, 0.05) is 10.7 Å². The zero-order valence-electron chi connectivity index (χ0n) is 8.34. The third-order valence-corrected chi connectivity index (χ3v) is 6.08. The largest absolute Gasteiger partial charge is 0.235 e. The first-order valence-corrected chi connectivity index (χ1v) is 7.83. The van der Waals surface area contributed by atoms with Crippen molar-refractivity contribution in [1.29, 1.82) is 0 Å². The van der Waals surface area contributed by atoms with E-state index in [0.29, 0.717) is 5.41 Å². The predicted molar refractivity (Wildman–Crippen MR) is 57.9 cm³/mol. The van der Waals surface area contributed by atoms with Crippen molar-refractivity contribution in [3.8, 4) is 0 Å². The van der Waals surface area contributed by atoms with Crippen molar-refractivity contribution in [3.05, 3.63) is 0 Å². The van der Waals surface area contributed by atoms with E-state index in [1.807, 2.05) is 0 Å². The average Bonchev–Trinajstić information content (AvgIpc) is 2.53. The number of hydrogen-bond acceptors (Lipinski definition) is 2. The van der Waals surface area contributed by atoms with E-state index in [4.69, 9.17) is 10.7 Å². The average molecular weight is 237 g/mol. The summed E-state index contributed by atoms with van der Waals surface area (Å²) in [6, 6.07) is 0. The quantitative estimate of drug-likeness (QED) is 0.656. The molecule has 0 atom stereocenters. The fourth-order valence-corrected chi connectivity index (χ4v) is 4.44. The molecule has 2 nitrogen and oxygen atoms in total. The van der Waals surface area contributed by atoms with Crippen molar-refractivity contribution < 1.29 is 8.42 Å². The van der Waals surface area contributed by atoms with Gasteiger partial charge in [0.25, 0.3) is 0 Å². The van der Waals surface area contributed by atoms with Gasteiger partial charge in [0.15, 0.2) is 0 Å². The summed E-state index contributed by atoms with van der Waals surface area (Å²) in [6.45, 7) is 0. The van der Waals surface area contributed by atoms with Crippen LogP contribution in [0.2, 0.25) is 0 Å². The van der Waals surface area contributed by atoms with Crippen LogP contribution in [0.3, 0.4) is 0 Å². The summed E-state index contributed by atoms with van der Waals surface area (Å²) < 4.78 is 22.3. The summed E-state index contributed by atoms with van der Waals surface area (Å²) in [6.07, 6.45) is 8.99. The molecule has 0 aromatic heterocycles. The second-order valence-electron chi connectivity index (χ2n) is 4.88. The molecule has 2 rings (SSSR count). The maximum atomic E-state index is 11.2. The van der Waals surface area contributed by atoms with Crippen LogP contribution in [0, 0.1) is 5.41 Å². The highest BCUT2D eigenvalue weighted by Crippen LogP contribution is 2.50. The Kier molecular flexibility index (Phi) is 2.82. The molecule has 0 bridgehead atoms. The fraction of sp³-hybridized carbons (Fsp3) is 1.00. The highest BCUT2D eigenvalue weighted by atomic mass is 35.7. The summed E-state index contributed by atoms with van der Waals surface area (Å²) >= 11 is 0. The van der Waals surface area contributed by atoms with Crippen molar-refractivity contribution in [2.75, 3.05) is 0 Å². The minimum Gasteiger partial charge on any atom is -0.212 e. The van der Waals surface area contributed by atoms with Crippen LogP contribution in [0.4, 0.5) is 0 Å². The molecule has 82 valence electrons. The molecule has 0 aliphatic heterocycles. The molecule has 0 aromatic carbocycles. The first-order valence-electron chi connectivity index (χ1n) is 5.45. The summed E-state index contributed by atoms with van der Waals surface area (Å²) in [5.74, 6) is 0. The Hall–Kier alpha value is 0.240. The zero-order valence-corrected chi connectivity index (χ0v) is 9.91. The Morgan fingerprint density at radius 1 is 1.00 bits per heavy atom. The van der Waals surface area contributed by atoms with E-state index in [-0.39, 0.29) is 5.25 Å². The summed E-state index contributed by atoms with van der Waals surface area (Å²) in [4.78, 5) is 0. The van der Waals surface area contributed by atoms with Crippen LogP contribution >= 0.6 is 10.7 Å². The van der Waals surface area contributed by atoms with Gasteiger partial charge >= 0.3 is 0 Å². The smallest absolute Gasteiger partial charge is 0.212 e. The normalized spacial score (nSPS) is 28.4. The van der Waals surface area contributed by atoms with Gasteiger partial charge in [0.1, 0.15) is 0 Å². The molecule has 0 N–H and O–H groups in total. The van der Waals surface area contributed by atoms with Gasteiger partial charge in [-0.3, -0.25) is 0 Å². The van der Waals surface area contributed by atoms with E-state index in [0.717, 1.165) is 25.7 Å². The van der Waals surface area contributed by atoms with E-state index in [9.17, 15) is 8.42 Å². The molecule has 0 radical (unpaired) electrons. The molecule has 2 saturated carbocycles. The second kappa shape index (κ2) is 3.67. The van der Waals surface area contributed by atoms with Crippen LogP contribution in [0.15, 0.2) is 0 Å². The standard InChI is InChI=1S/C10H17ClO2S/c11-14(12,13)9-3-7-10(8-4-9)5-1-2-6-10/h9H,1-8H2. The Bertz CT molecular complexity index is 294. The Morgan fingerprint density at radius 3 is 1.93 bits per heavy atom. The van der Waals surface area contributed by atoms with Crippen molar-refractivity contribution in [3.63, 3.8) is 0 Å². The van der Waals surface area contributed by atoms with Gasteiger partial charge in [0.05, 0.1) is 5.25 Å². The SMILES string of the molecule is O=S(=O)(Cl)C1CCC2(CCCC2)CC1. The minimum absolute atomic E-state index is 0.268. The molecule has 2 aliphatic rings. The minimum atomic E-state index is -3.30. The van der Waals surface area contributed by atoms with Crippen molar-refractivity contribution >= 4 is 19.7 Å². The summed E-state index contributed by atoms with van der Waals surface area (Å²) in [7, 11) is 2.08. The fourth-order valence-electron chi connectivity index (χ4n) is 3.11. The lowest BCUT2D eigenvalue weighted by Crippen LogP contribution is -2.30. The van der Waals surface area contributed by atoms with E-state index in [2.05, 4.69) is 0 Å². The van der Waals surface area contributed by atoms with Crippen LogP contribution in [0.1, 0.15) is 51.4 Å². The molecule has 14 heavy (non-hydrogen) atoms. The molecule has 4 heteroatoms. The van der Waals surface area contributed by atoms with Crippen LogP contribution in [-0.2, 0) is 9.05 Å². The van der Waals surface area contributed by atoms with Gasteiger partial charge < -0.3 is 0 Å². The topological polar surface area (TPSA) is 34.1 Å². The van der Waals surface area contributed by atoms with Gasteiger partial charge in [0.2, 0.25) is 9.05 Å². The number of hydrogen-bond donors (Lipinski definition) is 0. The highest BCUT2D eigenvalue weighted by Gasteiger charge is 2.40. The van der Waals surface area contributed by atoms with Crippen molar-refractivity contribution in [2.45, 2.75) is 56.6 Å². The third-order valence-electron chi connectivity index (χ3n) is 4.06. The molecule has 0 amide bonds. The lowest BCUT2D eigenvalue weighted by Gasteiger charge is -2.36. The molecular formula is C10H17ClO2S. The van der Waals surface area contributed by atoms with Crippen LogP contribution in [0.25, 0.3) is 0 Å². The Labute approximate surface area is 90.4 Å². The molecule has 0 aromatic rings. The van der Waals surface area contributed by atoms with E-state index >= 15 is 0 Å². The lowest BCUT2D eigenvalue weighted by atomic mass is 9.73. The van der Waals surface area contributed by atoms with Gasteiger partial charge in [-0.05, 0) is 43.9 Å². The van der Waals surface area contributed by atoms with Crippen LogP contribution < -0.4 is 0 Å². The first-order chi connectivity index (χ1) is 6.52. The van der Waals surface area contributed by atoms with Crippen LogP contribution in [-0.4, -0.2) is 13.7 Å². The predicted octanol–water partition coefficient (Wildman–Crippen LogP) is 3.06. The maximum absolute atomic E-state index is 11.2. The second-order valence-corrected chi connectivity index (χ2v) is 7.79. The Balaban J connectivity index is 1.98. The Morgan fingerprint density at radius 2 is 1.50 bits per heavy atom. The van der Waals surface area contributed by atoms with Gasteiger partial charge in [-0.15, -0.1) is 0 Å². The molecule has 1 spiro atoms. The lowest BCUT2D eigenvalue weighted by molar-refractivity contribution is 0.199. The van der Waals surface area contributed by atoms with E-state index in [1.54, 1.807) is 0 Å². The van der Waals surface area contributed by atoms with E-state index in [1.165, 1.54) is 25.7 Å². The van der Waals surface area contributed by atoms with E-state index < -0.39 is 9.05 Å². The molecular weight excluding hydrogens is 220 g/mol. The summed E-state index contributed by atoms with van der Waals surface area (Å²) in [5, 5.41) is -0.268. The van der Waals surface area contributed by atoms with Crippen molar-refractivity contribution in [2.24, 2.45) is 5.41 Å². The monoisotopic (exact) mass is 236 g/mol. The molecule has 0 heterocycles. The maximum Gasteiger partial charge on any atom is 0.235 e. The highest BCUT2D eigenvalue weighted by molar-refractivity contribution is 8.14. The summed E-state index contributed by atoms with van der Waals surface area (Å²) in [5.41, 5.74) is 0.498. The molecule has 0 unspecified atom stereocenters. The number of halogens is 1. The van der Waals surface area contributed by atoms with Crippen molar-refractivity contribution in [1.82, 2.24) is 0 Å². The molecule has 2 fully saturated rings. The zero-order chi connectivity index (χ0) is 10.2. The van der Waals surface area contributed by atoms with Gasteiger partial charge in [-0.25, -0.2) is 8.42 Å². The first kappa shape index (κ1) is 10.7. The van der Waals surface area contributed by atoms with Gasteiger partial charge in [-0.2, -0.15) is 0 Å².